The number of esters is 1. The van der Waals surface area contributed by atoms with E-state index in [1.54, 1.807) is 32.9 Å². The van der Waals surface area contributed by atoms with Gasteiger partial charge in [0.1, 0.15) is 11.9 Å². The molecule has 1 aromatic heterocycles. The summed E-state index contributed by atoms with van der Waals surface area (Å²) >= 11 is 0. The van der Waals surface area contributed by atoms with Crippen LogP contribution in [-0.2, 0) is 4.74 Å². The van der Waals surface area contributed by atoms with Crippen LogP contribution in [0.2, 0.25) is 0 Å². The minimum atomic E-state index is -0.676. The molecule has 32 heavy (non-hydrogen) atoms. The van der Waals surface area contributed by atoms with Gasteiger partial charge in [-0.2, -0.15) is 0 Å². The number of aromatic nitrogens is 1. The molecule has 1 fully saturated rings. The fourth-order valence-corrected chi connectivity index (χ4v) is 2.92. The van der Waals surface area contributed by atoms with Gasteiger partial charge in [-0.05, 0) is 65.5 Å². The van der Waals surface area contributed by atoms with Crippen LogP contribution in [-0.4, -0.2) is 35.9 Å². The van der Waals surface area contributed by atoms with E-state index in [1.165, 1.54) is 6.26 Å². The molecular weight excluding hydrogens is 416 g/mol. The lowest BCUT2D eigenvalue weighted by Gasteiger charge is -2.24. The van der Waals surface area contributed by atoms with Crippen LogP contribution in [0.3, 0.4) is 0 Å². The lowest BCUT2D eigenvalue weighted by Crippen LogP contribution is -2.34. The summed E-state index contributed by atoms with van der Waals surface area (Å²) in [5.41, 5.74) is 0.0921. The number of benzene rings is 1. The number of carbonyl (C=O) groups excluding carboxylic acids is 2. The first kappa shape index (κ1) is 23.4. The topological polar surface area (TPSA) is 109 Å². The van der Waals surface area contributed by atoms with Gasteiger partial charge in [0.25, 0.3) is 0 Å². The fraction of sp³-hybridized carbons (Fsp3) is 0.522. The number of oxazole rings is 1. The number of amides is 1. The monoisotopic (exact) mass is 446 g/mol. The van der Waals surface area contributed by atoms with Crippen molar-refractivity contribution in [1.29, 1.82) is 0 Å². The highest BCUT2D eigenvalue weighted by atomic mass is 16.6. The molecule has 1 heterocycles. The van der Waals surface area contributed by atoms with E-state index in [-0.39, 0.29) is 11.4 Å². The molecule has 3 rings (SSSR count). The third-order valence-corrected chi connectivity index (χ3v) is 4.60. The smallest absolute Gasteiger partial charge is 0.408 e. The molecule has 174 valence electrons. The molecule has 0 saturated heterocycles. The van der Waals surface area contributed by atoms with Gasteiger partial charge in [-0.1, -0.05) is 0 Å². The second-order valence-electron chi connectivity index (χ2n) is 8.63. The molecule has 9 heteroatoms. The van der Waals surface area contributed by atoms with Crippen molar-refractivity contribution in [3.8, 4) is 17.2 Å². The van der Waals surface area contributed by atoms with Crippen LogP contribution in [0.25, 0.3) is 0 Å². The van der Waals surface area contributed by atoms with Gasteiger partial charge in [-0.25, -0.2) is 14.6 Å². The highest BCUT2D eigenvalue weighted by Gasteiger charge is 2.28. The number of hydrogen-bond acceptors (Lipinski definition) is 8. The minimum absolute atomic E-state index is 0.0418. The van der Waals surface area contributed by atoms with Gasteiger partial charge >= 0.3 is 12.1 Å². The summed E-state index contributed by atoms with van der Waals surface area (Å²) in [5.74, 6) is 0.707. The molecule has 1 saturated carbocycles. The first-order valence-corrected chi connectivity index (χ1v) is 10.7. The summed E-state index contributed by atoms with van der Waals surface area (Å²) in [4.78, 5) is 28.5. The second-order valence-corrected chi connectivity index (χ2v) is 8.63. The summed E-state index contributed by atoms with van der Waals surface area (Å²) < 4.78 is 27.7. The number of rotatable bonds is 9. The zero-order valence-corrected chi connectivity index (χ0v) is 19.1. The highest BCUT2D eigenvalue weighted by Crippen LogP contribution is 2.44. The zero-order chi connectivity index (χ0) is 23.3. The van der Waals surface area contributed by atoms with Gasteiger partial charge in [-0.3, -0.25) is 0 Å². The van der Waals surface area contributed by atoms with Crippen molar-refractivity contribution in [2.45, 2.75) is 59.1 Å². The summed E-state index contributed by atoms with van der Waals surface area (Å²) in [6.45, 7) is 9.88. The van der Waals surface area contributed by atoms with E-state index in [0.29, 0.717) is 36.2 Å². The summed E-state index contributed by atoms with van der Waals surface area (Å²) in [5, 5.41) is 2.81. The molecule has 1 atom stereocenters. The molecular formula is C23H30N2O7. The van der Waals surface area contributed by atoms with Gasteiger partial charge in [0.15, 0.2) is 23.6 Å². The maximum Gasteiger partial charge on any atom is 0.408 e. The number of carbonyl (C=O) groups is 2. The number of ether oxygens (including phenoxy) is 4. The Labute approximate surface area is 187 Å². The Morgan fingerprint density at radius 3 is 2.56 bits per heavy atom. The van der Waals surface area contributed by atoms with Crippen LogP contribution in [0.1, 0.15) is 69.6 Å². The molecule has 0 spiro atoms. The maximum atomic E-state index is 12.4. The average molecular weight is 447 g/mol. The lowest BCUT2D eigenvalue weighted by atomic mass is 10.1. The van der Waals surface area contributed by atoms with Crippen molar-refractivity contribution < 1.29 is 33.0 Å². The van der Waals surface area contributed by atoms with Crippen molar-refractivity contribution >= 4 is 12.1 Å². The molecule has 0 bridgehead atoms. The van der Waals surface area contributed by atoms with E-state index in [4.69, 9.17) is 23.4 Å². The van der Waals surface area contributed by atoms with Gasteiger partial charge in [0.2, 0.25) is 5.75 Å². The largest absolute Gasteiger partial charge is 0.489 e. The minimum Gasteiger partial charge on any atom is -0.489 e. The number of hydrogen-bond donors (Lipinski definition) is 1. The Kier molecular flexibility index (Phi) is 7.27. The van der Waals surface area contributed by atoms with Crippen molar-refractivity contribution in [2.24, 2.45) is 5.92 Å². The molecule has 1 N–H and O–H groups in total. The molecule has 1 aliphatic carbocycles. The fourth-order valence-electron chi connectivity index (χ4n) is 2.92. The second kappa shape index (κ2) is 9.93. The van der Waals surface area contributed by atoms with Crippen molar-refractivity contribution in [1.82, 2.24) is 10.3 Å². The molecule has 2 aromatic rings. The molecule has 0 unspecified atom stereocenters. The van der Waals surface area contributed by atoms with E-state index in [0.717, 1.165) is 19.2 Å². The summed E-state index contributed by atoms with van der Waals surface area (Å²) in [6, 6.07) is 2.89. The van der Waals surface area contributed by atoms with Crippen LogP contribution in [0, 0.1) is 5.92 Å². The predicted molar refractivity (Wildman–Crippen MR) is 115 cm³/mol. The zero-order valence-electron chi connectivity index (χ0n) is 19.1. The summed E-state index contributed by atoms with van der Waals surface area (Å²) in [6.07, 6.45) is 4.00. The van der Waals surface area contributed by atoms with Gasteiger partial charge in [-0.15, -0.1) is 0 Å². The molecule has 1 aliphatic rings. The number of alkyl carbamates (subject to hydrolysis) is 1. The molecule has 0 aliphatic heterocycles. The Balaban J connectivity index is 1.89. The van der Waals surface area contributed by atoms with Gasteiger partial charge < -0.3 is 28.7 Å². The van der Waals surface area contributed by atoms with Gasteiger partial charge in [0.05, 0.1) is 19.3 Å². The molecule has 1 aromatic carbocycles. The highest BCUT2D eigenvalue weighted by molar-refractivity contribution is 5.89. The Morgan fingerprint density at radius 1 is 1.22 bits per heavy atom. The molecule has 1 amide bonds. The van der Waals surface area contributed by atoms with Crippen LogP contribution < -0.4 is 19.5 Å². The van der Waals surface area contributed by atoms with Crippen molar-refractivity contribution in [3.63, 3.8) is 0 Å². The average Bonchev–Trinajstić information content (AvgIpc) is 3.36. The van der Waals surface area contributed by atoms with Crippen LogP contribution in [0.5, 0.6) is 17.2 Å². The first-order chi connectivity index (χ1) is 15.2. The SMILES string of the molecule is CCOc1c([C@H](C)NC(=O)OC(C)(C)C)ccc(OC(=O)c2cocn2)c1OCC1CC1. The maximum absolute atomic E-state index is 12.4. The normalized spacial score (nSPS) is 14.4. The van der Waals surface area contributed by atoms with E-state index in [2.05, 4.69) is 10.3 Å². The van der Waals surface area contributed by atoms with E-state index < -0.39 is 23.7 Å². The Morgan fingerprint density at radius 2 is 1.97 bits per heavy atom. The standard InChI is InChI=1S/C23H30N2O7/c1-6-29-19-16(14(2)25-22(27)32-23(3,4)5)9-10-18(20(19)30-11-15-7-8-15)31-21(26)17-12-28-13-24-17/h9-10,12-15H,6-8,11H2,1-5H3,(H,25,27)/t14-/m0/s1. The van der Waals surface area contributed by atoms with E-state index in [9.17, 15) is 9.59 Å². The third kappa shape index (κ3) is 6.38. The molecule has 9 nitrogen and oxygen atoms in total. The number of nitrogens with one attached hydrogen (secondary N) is 1. The van der Waals surface area contributed by atoms with Gasteiger partial charge in [0, 0.05) is 5.56 Å². The van der Waals surface area contributed by atoms with Crippen LogP contribution >= 0.6 is 0 Å². The van der Waals surface area contributed by atoms with Crippen LogP contribution in [0.4, 0.5) is 4.79 Å². The van der Waals surface area contributed by atoms with Crippen LogP contribution in [0.15, 0.2) is 29.2 Å². The van der Waals surface area contributed by atoms with E-state index >= 15 is 0 Å². The third-order valence-electron chi connectivity index (χ3n) is 4.60. The Bertz CT molecular complexity index is 931. The van der Waals surface area contributed by atoms with E-state index in [1.807, 2.05) is 13.8 Å². The quantitative estimate of drug-likeness (QED) is 0.437. The van der Waals surface area contributed by atoms with Crippen molar-refractivity contribution in [3.05, 3.63) is 36.0 Å². The van der Waals surface area contributed by atoms with Crippen molar-refractivity contribution in [2.75, 3.05) is 13.2 Å². The first-order valence-electron chi connectivity index (χ1n) is 10.7. The Hall–Kier alpha value is -3.23. The molecule has 0 radical (unpaired) electrons. The number of nitrogens with zero attached hydrogens (tertiary/aromatic N) is 1. The summed E-state index contributed by atoms with van der Waals surface area (Å²) in [7, 11) is 0. The lowest BCUT2D eigenvalue weighted by molar-refractivity contribution is 0.0507. The predicted octanol–water partition coefficient (Wildman–Crippen LogP) is 4.67.